The lowest BCUT2D eigenvalue weighted by molar-refractivity contribution is -0.141. The van der Waals surface area contributed by atoms with E-state index < -0.39 is 16.1 Å². The maximum Gasteiger partial charge on any atom is 0.243 e. The van der Waals surface area contributed by atoms with Gasteiger partial charge in [0.25, 0.3) is 0 Å². The van der Waals surface area contributed by atoms with Crippen molar-refractivity contribution in [2.24, 2.45) is 0 Å². The highest BCUT2D eigenvalue weighted by Crippen LogP contribution is 2.23. The van der Waals surface area contributed by atoms with Gasteiger partial charge in [0.2, 0.25) is 21.8 Å². The highest BCUT2D eigenvalue weighted by atomic mass is 32.2. The van der Waals surface area contributed by atoms with Crippen LogP contribution in [0.3, 0.4) is 0 Å². The fraction of sp³-hybridized carbons (Fsp3) is 0.375. The molecule has 0 aliphatic rings. The number of carbonyl (C=O) groups is 2. The standard InChI is InChI=1S/C32H41N3O4S/c1-24(2)33-32(37)30(22-27-16-7-6-8-17-27)34(23-28-18-11-9-14-25(28)3)31(36)20-13-21-35(40(5,38)39)29-19-12-10-15-26(29)4/h6-12,14-19,24,30H,13,20-23H2,1-5H3,(H,33,37)/t30-/m0/s1. The molecule has 2 amide bonds. The van der Waals surface area contributed by atoms with Crippen LogP contribution in [0.2, 0.25) is 0 Å². The summed E-state index contributed by atoms with van der Waals surface area (Å²) in [5.41, 5.74) is 4.40. The lowest BCUT2D eigenvalue weighted by atomic mass is 10.0. The van der Waals surface area contributed by atoms with Crippen LogP contribution in [0.5, 0.6) is 0 Å². The summed E-state index contributed by atoms with van der Waals surface area (Å²) >= 11 is 0. The molecule has 1 N–H and O–H groups in total. The molecule has 0 spiro atoms. The van der Waals surface area contributed by atoms with E-state index in [4.69, 9.17) is 0 Å². The van der Waals surface area contributed by atoms with Gasteiger partial charge in [-0.15, -0.1) is 0 Å². The molecule has 0 fully saturated rings. The van der Waals surface area contributed by atoms with Crippen molar-refractivity contribution in [3.05, 3.63) is 101 Å². The third-order valence-electron chi connectivity index (χ3n) is 6.84. The lowest BCUT2D eigenvalue weighted by Gasteiger charge is -2.33. The number of hydrogen-bond acceptors (Lipinski definition) is 4. The number of aryl methyl sites for hydroxylation is 2. The predicted molar refractivity (Wildman–Crippen MR) is 162 cm³/mol. The maximum absolute atomic E-state index is 13.9. The first-order valence-corrected chi connectivity index (χ1v) is 15.5. The van der Waals surface area contributed by atoms with Crippen molar-refractivity contribution in [2.45, 2.75) is 65.6 Å². The number of amides is 2. The van der Waals surface area contributed by atoms with E-state index >= 15 is 0 Å². The molecule has 0 bridgehead atoms. The van der Waals surface area contributed by atoms with Crippen LogP contribution in [-0.2, 0) is 32.6 Å². The summed E-state index contributed by atoms with van der Waals surface area (Å²) in [5.74, 6) is -0.403. The van der Waals surface area contributed by atoms with Crippen molar-refractivity contribution in [3.63, 3.8) is 0 Å². The molecule has 1 atom stereocenters. The zero-order valence-corrected chi connectivity index (χ0v) is 24.9. The van der Waals surface area contributed by atoms with Crippen molar-refractivity contribution in [3.8, 4) is 0 Å². The summed E-state index contributed by atoms with van der Waals surface area (Å²) in [6.45, 7) is 8.10. The number of rotatable bonds is 13. The quantitative estimate of drug-likeness (QED) is 0.317. The van der Waals surface area contributed by atoms with Crippen LogP contribution in [0.4, 0.5) is 5.69 Å². The molecule has 0 saturated heterocycles. The largest absolute Gasteiger partial charge is 0.352 e. The molecular formula is C32H41N3O4S. The Balaban J connectivity index is 1.90. The van der Waals surface area contributed by atoms with E-state index in [2.05, 4.69) is 5.32 Å². The molecule has 0 radical (unpaired) electrons. The zero-order valence-electron chi connectivity index (χ0n) is 24.1. The van der Waals surface area contributed by atoms with E-state index in [9.17, 15) is 18.0 Å². The number of anilines is 1. The average molecular weight is 564 g/mol. The topological polar surface area (TPSA) is 86.8 Å². The Kier molecular flexibility index (Phi) is 10.9. The monoisotopic (exact) mass is 563 g/mol. The summed E-state index contributed by atoms with van der Waals surface area (Å²) in [6, 6.07) is 24.0. The molecule has 214 valence electrons. The molecule has 0 aromatic heterocycles. The van der Waals surface area contributed by atoms with Crippen LogP contribution in [0.15, 0.2) is 78.9 Å². The summed E-state index contributed by atoms with van der Waals surface area (Å²) < 4.78 is 26.7. The SMILES string of the molecule is Cc1ccccc1CN(C(=O)CCCN(c1ccccc1C)S(C)(=O)=O)[C@@H](Cc1ccccc1)C(=O)NC(C)C. The average Bonchev–Trinajstić information content (AvgIpc) is 2.89. The molecule has 0 unspecified atom stereocenters. The molecule has 7 nitrogen and oxygen atoms in total. The zero-order chi connectivity index (χ0) is 29.3. The van der Waals surface area contributed by atoms with Crippen LogP contribution in [0.25, 0.3) is 0 Å². The van der Waals surface area contributed by atoms with Gasteiger partial charge in [-0.25, -0.2) is 8.42 Å². The van der Waals surface area contributed by atoms with Gasteiger partial charge < -0.3 is 10.2 Å². The molecule has 8 heteroatoms. The molecule has 0 heterocycles. The van der Waals surface area contributed by atoms with Crippen LogP contribution >= 0.6 is 0 Å². The van der Waals surface area contributed by atoms with Gasteiger partial charge in [-0.2, -0.15) is 0 Å². The third kappa shape index (κ3) is 8.68. The first-order valence-electron chi connectivity index (χ1n) is 13.7. The van der Waals surface area contributed by atoms with Crippen molar-refractivity contribution >= 4 is 27.5 Å². The van der Waals surface area contributed by atoms with E-state index in [1.54, 1.807) is 17.0 Å². The fourth-order valence-corrected chi connectivity index (χ4v) is 5.75. The van der Waals surface area contributed by atoms with Gasteiger partial charge in [0.15, 0.2) is 0 Å². The Bertz CT molecular complexity index is 1390. The number of nitrogens with one attached hydrogen (secondary N) is 1. The van der Waals surface area contributed by atoms with E-state index in [0.717, 1.165) is 22.3 Å². The third-order valence-corrected chi connectivity index (χ3v) is 8.02. The minimum Gasteiger partial charge on any atom is -0.352 e. The van der Waals surface area contributed by atoms with Crippen LogP contribution in [0.1, 0.15) is 48.9 Å². The van der Waals surface area contributed by atoms with Crippen molar-refractivity contribution in [2.75, 3.05) is 17.1 Å². The highest BCUT2D eigenvalue weighted by molar-refractivity contribution is 7.92. The smallest absolute Gasteiger partial charge is 0.243 e. The number of sulfonamides is 1. The van der Waals surface area contributed by atoms with E-state index in [0.29, 0.717) is 18.5 Å². The molecule has 0 aliphatic heterocycles. The van der Waals surface area contributed by atoms with Crippen molar-refractivity contribution in [1.29, 1.82) is 0 Å². The predicted octanol–water partition coefficient (Wildman–Crippen LogP) is 5.01. The van der Waals surface area contributed by atoms with Crippen LogP contribution in [-0.4, -0.2) is 50.0 Å². The van der Waals surface area contributed by atoms with Gasteiger partial charge in [-0.05, 0) is 62.4 Å². The van der Waals surface area contributed by atoms with Gasteiger partial charge in [0.05, 0.1) is 11.9 Å². The molecule has 40 heavy (non-hydrogen) atoms. The molecule has 3 aromatic carbocycles. The number of carbonyl (C=O) groups excluding carboxylic acids is 2. The Labute approximate surface area is 239 Å². The Morgan fingerprint density at radius 2 is 1.45 bits per heavy atom. The van der Waals surface area contributed by atoms with Crippen molar-refractivity contribution < 1.29 is 18.0 Å². The summed E-state index contributed by atoms with van der Waals surface area (Å²) in [7, 11) is -3.55. The minimum atomic E-state index is -3.55. The maximum atomic E-state index is 13.9. The van der Waals surface area contributed by atoms with Crippen molar-refractivity contribution in [1.82, 2.24) is 10.2 Å². The molecule has 0 aliphatic carbocycles. The second-order valence-corrected chi connectivity index (χ2v) is 12.4. The second-order valence-electron chi connectivity index (χ2n) is 10.5. The number of benzene rings is 3. The van der Waals surface area contributed by atoms with Gasteiger partial charge in [0, 0.05) is 32.0 Å². The van der Waals surface area contributed by atoms with Gasteiger partial charge in [-0.1, -0.05) is 72.8 Å². The second kappa shape index (κ2) is 14.1. The van der Waals surface area contributed by atoms with Gasteiger partial charge in [0.1, 0.15) is 6.04 Å². The molecule has 3 rings (SSSR count). The summed E-state index contributed by atoms with van der Waals surface area (Å²) in [5, 5.41) is 3.00. The van der Waals surface area contributed by atoms with E-state index in [-0.39, 0.29) is 37.4 Å². The lowest BCUT2D eigenvalue weighted by Crippen LogP contribution is -2.52. The van der Waals surface area contributed by atoms with E-state index in [1.165, 1.54) is 10.6 Å². The highest BCUT2D eigenvalue weighted by Gasteiger charge is 2.31. The van der Waals surface area contributed by atoms with E-state index in [1.807, 2.05) is 94.4 Å². The Morgan fingerprint density at radius 1 is 0.850 bits per heavy atom. The number of hydrogen-bond donors (Lipinski definition) is 1. The first-order chi connectivity index (χ1) is 19.0. The van der Waals surface area contributed by atoms with Gasteiger partial charge >= 0.3 is 0 Å². The number of para-hydroxylation sites is 1. The Morgan fingerprint density at radius 3 is 2.05 bits per heavy atom. The summed E-state index contributed by atoms with van der Waals surface area (Å²) in [6.07, 6.45) is 1.96. The first kappa shape index (κ1) is 30.9. The Hall–Kier alpha value is -3.65. The number of nitrogens with zero attached hydrogens (tertiary/aromatic N) is 2. The normalized spacial score (nSPS) is 12.2. The summed E-state index contributed by atoms with van der Waals surface area (Å²) in [4.78, 5) is 29.1. The molecule has 3 aromatic rings. The van der Waals surface area contributed by atoms with Gasteiger partial charge in [-0.3, -0.25) is 13.9 Å². The molecule has 0 saturated carbocycles. The molecular weight excluding hydrogens is 522 g/mol. The van der Waals surface area contributed by atoms with Crippen LogP contribution in [0, 0.1) is 13.8 Å². The fourth-order valence-electron chi connectivity index (χ4n) is 4.73. The van der Waals surface area contributed by atoms with Crippen LogP contribution < -0.4 is 9.62 Å². The minimum absolute atomic E-state index is 0.0846.